The van der Waals surface area contributed by atoms with Crippen molar-refractivity contribution < 1.29 is 24.2 Å². The van der Waals surface area contributed by atoms with Gasteiger partial charge in [0.25, 0.3) is 0 Å². The largest absolute Gasteiger partial charge is 0.462 e. The number of ketones is 1. The molecule has 30 heavy (non-hydrogen) atoms. The number of benzene rings is 2. The molecule has 3 aliphatic rings. The molecule has 2 bridgehead atoms. The topological polar surface area (TPSA) is 79.4 Å². The van der Waals surface area contributed by atoms with E-state index in [4.69, 9.17) is 9.47 Å². The van der Waals surface area contributed by atoms with Crippen molar-refractivity contribution in [1.82, 2.24) is 4.90 Å². The average molecular weight is 407 g/mol. The fourth-order valence-electron chi connectivity index (χ4n) is 5.01. The Morgan fingerprint density at radius 2 is 1.60 bits per heavy atom. The van der Waals surface area contributed by atoms with Gasteiger partial charge in [-0.3, -0.25) is 14.5 Å². The van der Waals surface area contributed by atoms with Crippen molar-refractivity contribution in [3.05, 3.63) is 71.8 Å². The minimum atomic E-state index is -0.674. The number of epoxide rings is 1. The Morgan fingerprint density at radius 3 is 2.20 bits per heavy atom. The third-order valence-corrected chi connectivity index (χ3v) is 6.55. The number of carbonyl (C=O) groups is 2. The third-order valence-electron chi connectivity index (χ3n) is 6.55. The molecule has 6 heteroatoms. The molecule has 3 aliphatic heterocycles. The van der Waals surface area contributed by atoms with E-state index in [0.29, 0.717) is 24.9 Å². The molecule has 2 aromatic rings. The fourth-order valence-corrected chi connectivity index (χ4v) is 5.01. The van der Waals surface area contributed by atoms with Crippen LogP contribution in [0.5, 0.6) is 0 Å². The summed E-state index contributed by atoms with van der Waals surface area (Å²) >= 11 is 0. The second-order valence-corrected chi connectivity index (χ2v) is 8.34. The van der Waals surface area contributed by atoms with E-state index < -0.39 is 11.9 Å². The van der Waals surface area contributed by atoms with Crippen LogP contribution in [-0.4, -0.2) is 65.3 Å². The Labute approximate surface area is 175 Å². The van der Waals surface area contributed by atoms with Gasteiger partial charge in [0.05, 0.1) is 13.2 Å². The Bertz CT molecular complexity index is 900. The summed E-state index contributed by atoms with van der Waals surface area (Å²) in [6.07, 6.45) is 1.34. The summed E-state index contributed by atoms with van der Waals surface area (Å²) < 4.78 is 11.6. The molecule has 0 saturated carbocycles. The number of aliphatic hydroxyl groups is 1. The smallest absolute Gasteiger partial charge is 0.316 e. The second kappa shape index (κ2) is 7.95. The SMILES string of the molecule is O=C(CN1C2CC(OC(=O)C(CO)c3ccccc3)CC1C1OC12)c1ccccc1. The van der Waals surface area contributed by atoms with Gasteiger partial charge in [-0.2, -0.15) is 0 Å². The van der Waals surface area contributed by atoms with Crippen LogP contribution < -0.4 is 0 Å². The van der Waals surface area contributed by atoms with Crippen LogP contribution in [0.4, 0.5) is 0 Å². The molecule has 0 spiro atoms. The first-order valence-corrected chi connectivity index (χ1v) is 10.5. The molecule has 5 atom stereocenters. The summed E-state index contributed by atoms with van der Waals surface area (Å²) in [6.45, 7) is 0.0775. The molecule has 0 radical (unpaired) electrons. The standard InChI is InChI=1S/C24H25NO5/c26-14-18(15-7-3-1-4-8-15)24(28)29-17-11-19-22-23(30-22)20(12-17)25(19)13-21(27)16-9-5-2-6-10-16/h1-10,17-20,22-23,26H,11-14H2. The van der Waals surface area contributed by atoms with Crippen molar-refractivity contribution in [2.24, 2.45) is 0 Å². The Kier molecular flexibility index (Phi) is 5.15. The molecule has 5 rings (SSSR count). The number of piperidine rings is 1. The highest BCUT2D eigenvalue weighted by Crippen LogP contribution is 2.49. The summed E-state index contributed by atoms with van der Waals surface area (Å²) in [5.41, 5.74) is 1.47. The van der Waals surface area contributed by atoms with Gasteiger partial charge in [0.15, 0.2) is 5.78 Å². The van der Waals surface area contributed by atoms with E-state index in [1.54, 1.807) is 0 Å². The fraction of sp³-hybridized carbons (Fsp3) is 0.417. The lowest BCUT2D eigenvalue weighted by molar-refractivity contribution is -0.156. The van der Waals surface area contributed by atoms with Gasteiger partial charge < -0.3 is 14.6 Å². The number of hydrogen-bond donors (Lipinski definition) is 1. The van der Waals surface area contributed by atoms with Crippen molar-refractivity contribution in [3.63, 3.8) is 0 Å². The predicted molar refractivity (Wildman–Crippen MR) is 109 cm³/mol. The van der Waals surface area contributed by atoms with Gasteiger partial charge in [0.1, 0.15) is 24.2 Å². The first-order valence-electron chi connectivity index (χ1n) is 10.5. The van der Waals surface area contributed by atoms with Crippen molar-refractivity contribution in [2.45, 2.75) is 49.2 Å². The first-order chi connectivity index (χ1) is 14.7. The van der Waals surface area contributed by atoms with Gasteiger partial charge in [-0.1, -0.05) is 60.7 Å². The third kappa shape index (κ3) is 3.55. The monoisotopic (exact) mass is 407 g/mol. The number of Topliss-reactive ketones (excluding diaryl/α,β-unsaturated/α-hetero) is 1. The summed E-state index contributed by atoms with van der Waals surface area (Å²) in [6, 6.07) is 18.7. The lowest BCUT2D eigenvalue weighted by atomic mass is 9.96. The van der Waals surface area contributed by atoms with E-state index in [-0.39, 0.29) is 42.8 Å². The maximum absolute atomic E-state index is 12.7. The lowest BCUT2D eigenvalue weighted by Crippen LogP contribution is -2.52. The number of rotatable bonds is 7. The number of hydrogen-bond acceptors (Lipinski definition) is 6. The molecular formula is C24H25NO5. The minimum Gasteiger partial charge on any atom is -0.462 e. The van der Waals surface area contributed by atoms with Crippen LogP contribution >= 0.6 is 0 Å². The van der Waals surface area contributed by atoms with Crippen molar-refractivity contribution in [2.75, 3.05) is 13.2 Å². The lowest BCUT2D eigenvalue weighted by Gasteiger charge is -2.40. The minimum absolute atomic E-state index is 0.0866. The van der Waals surface area contributed by atoms with E-state index in [0.717, 1.165) is 5.56 Å². The maximum Gasteiger partial charge on any atom is 0.316 e. The van der Waals surface area contributed by atoms with Crippen molar-refractivity contribution >= 4 is 11.8 Å². The average Bonchev–Trinajstić information content (AvgIpc) is 3.53. The zero-order valence-electron chi connectivity index (χ0n) is 16.6. The van der Waals surface area contributed by atoms with Crippen LogP contribution in [0.15, 0.2) is 60.7 Å². The quantitative estimate of drug-likeness (QED) is 0.431. The van der Waals surface area contributed by atoms with Crippen LogP contribution in [0.3, 0.4) is 0 Å². The van der Waals surface area contributed by atoms with Crippen LogP contribution in [0.1, 0.15) is 34.7 Å². The summed E-state index contributed by atoms with van der Waals surface area (Å²) in [5.74, 6) is -0.962. The summed E-state index contributed by atoms with van der Waals surface area (Å²) in [5, 5.41) is 9.73. The molecule has 3 heterocycles. The molecule has 0 amide bonds. The van der Waals surface area contributed by atoms with Gasteiger partial charge in [-0.05, 0) is 5.56 Å². The second-order valence-electron chi connectivity index (χ2n) is 8.34. The molecule has 3 fully saturated rings. The van der Waals surface area contributed by atoms with Gasteiger partial charge in [0, 0.05) is 30.5 Å². The molecule has 0 aliphatic carbocycles. The number of morpholine rings is 1. The molecule has 2 aromatic carbocycles. The van der Waals surface area contributed by atoms with Crippen LogP contribution in [0, 0.1) is 0 Å². The van der Waals surface area contributed by atoms with Crippen molar-refractivity contribution in [1.29, 1.82) is 0 Å². The normalized spacial score (nSPS) is 30.4. The number of aliphatic hydroxyl groups excluding tert-OH is 1. The molecule has 6 nitrogen and oxygen atoms in total. The number of esters is 1. The summed E-state index contributed by atoms with van der Waals surface area (Å²) in [4.78, 5) is 27.7. The van der Waals surface area contributed by atoms with E-state index in [1.165, 1.54) is 0 Å². The van der Waals surface area contributed by atoms with E-state index in [9.17, 15) is 14.7 Å². The molecule has 5 unspecified atom stereocenters. The van der Waals surface area contributed by atoms with E-state index in [2.05, 4.69) is 4.90 Å². The van der Waals surface area contributed by atoms with Crippen LogP contribution in [-0.2, 0) is 14.3 Å². The number of fused-ring (bicyclic) bond motifs is 5. The zero-order chi connectivity index (χ0) is 20.7. The van der Waals surface area contributed by atoms with Gasteiger partial charge in [-0.25, -0.2) is 0 Å². The maximum atomic E-state index is 12.7. The number of ether oxygens (including phenoxy) is 2. The zero-order valence-corrected chi connectivity index (χ0v) is 16.6. The highest BCUT2D eigenvalue weighted by Gasteiger charge is 2.64. The number of carbonyl (C=O) groups excluding carboxylic acids is 2. The first kappa shape index (κ1) is 19.4. The molecule has 3 saturated heterocycles. The van der Waals surface area contributed by atoms with Gasteiger partial charge in [-0.15, -0.1) is 0 Å². The van der Waals surface area contributed by atoms with Gasteiger partial charge >= 0.3 is 5.97 Å². The van der Waals surface area contributed by atoms with E-state index in [1.807, 2.05) is 60.7 Å². The molecule has 0 aromatic heterocycles. The molecule has 156 valence electrons. The predicted octanol–water partition coefficient (Wildman–Crippen LogP) is 2.17. The number of nitrogens with zero attached hydrogens (tertiary/aromatic N) is 1. The van der Waals surface area contributed by atoms with Crippen LogP contribution in [0.25, 0.3) is 0 Å². The molecular weight excluding hydrogens is 382 g/mol. The Balaban J connectivity index is 1.24. The summed E-state index contributed by atoms with van der Waals surface area (Å²) in [7, 11) is 0. The Hall–Kier alpha value is -2.54. The van der Waals surface area contributed by atoms with Crippen molar-refractivity contribution in [3.8, 4) is 0 Å². The van der Waals surface area contributed by atoms with Gasteiger partial charge in [0.2, 0.25) is 0 Å². The highest BCUT2D eigenvalue weighted by molar-refractivity contribution is 5.97. The van der Waals surface area contributed by atoms with E-state index >= 15 is 0 Å². The molecule has 1 N–H and O–H groups in total. The Morgan fingerprint density at radius 1 is 1.00 bits per heavy atom. The highest BCUT2D eigenvalue weighted by atomic mass is 16.6. The van der Waals surface area contributed by atoms with Crippen LogP contribution in [0.2, 0.25) is 0 Å².